The molecule has 1 unspecified atom stereocenters. The Morgan fingerprint density at radius 3 is 2.72 bits per heavy atom. The third-order valence-electron chi connectivity index (χ3n) is 4.83. The van der Waals surface area contributed by atoms with Gasteiger partial charge in [-0.1, -0.05) is 47.6 Å². The fourth-order valence-corrected chi connectivity index (χ4v) is 4.45. The summed E-state index contributed by atoms with van der Waals surface area (Å²) >= 11 is 7.30. The molecule has 1 aliphatic heterocycles. The largest absolute Gasteiger partial charge is 0.312 e. The summed E-state index contributed by atoms with van der Waals surface area (Å²) in [5.41, 5.74) is 1.59. The Morgan fingerprint density at radius 2 is 2.00 bits per heavy atom. The van der Waals surface area contributed by atoms with E-state index in [1.54, 1.807) is 35.9 Å². The van der Waals surface area contributed by atoms with Crippen LogP contribution in [0, 0.1) is 5.82 Å². The summed E-state index contributed by atoms with van der Waals surface area (Å²) in [7, 11) is 1.75. The van der Waals surface area contributed by atoms with Crippen molar-refractivity contribution in [2.75, 3.05) is 5.32 Å². The molecule has 1 aromatic heterocycles. The number of carbonyl (C=O) groups excluding carboxylic acids is 1. The zero-order valence-corrected chi connectivity index (χ0v) is 17.1. The van der Waals surface area contributed by atoms with Crippen LogP contribution in [-0.4, -0.2) is 15.5 Å². The predicted molar refractivity (Wildman–Crippen MR) is 112 cm³/mol. The number of thioether (sulfide) groups is 1. The Bertz CT molecular complexity index is 1150. The number of anilines is 1. The number of rotatable bonds is 4. The van der Waals surface area contributed by atoms with Crippen molar-refractivity contribution in [1.82, 2.24) is 9.55 Å². The number of benzene rings is 2. The first kappa shape index (κ1) is 19.7. The van der Waals surface area contributed by atoms with E-state index >= 15 is 0 Å². The SMILES string of the molecule is Cn1c(SCc2ccc(Cl)cc2)nc(=O)c2c1NC(=O)CC2c1cccc(F)c1. The maximum atomic E-state index is 13.7. The van der Waals surface area contributed by atoms with Crippen molar-refractivity contribution < 1.29 is 9.18 Å². The maximum Gasteiger partial charge on any atom is 0.279 e. The molecule has 8 heteroatoms. The molecule has 5 nitrogen and oxygen atoms in total. The number of nitrogens with one attached hydrogen (secondary N) is 1. The normalized spacial score (nSPS) is 15.7. The highest BCUT2D eigenvalue weighted by molar-refractivity contribution is 7.98. The van der Waals surface area contributed by atoms with E-state index in [9.17, 15) is 14.0 Å². The molecule has 29 heavy (non-hydrogen) atoms. The van der Waals surface area contributed by atoms with E-state index in [1.807, 2.05) is 12.1 Å². The second-order valence-electron chi connectivity index (χ2n) is 6.80. The Balaban J connectivity index is 1.71. The van der Waals surface area contributed by atoms with Gasteiger partial charge in [-0.05, 0) is 35.4 Å². The Kier molecular flexibility index (Phi) is 5.43. The van der Waals surface area contributed by atoms with Crippen molar-refractivity contribution in [1.29, 1.82) is 0 Å². The third kappa shape index (κ3) is 4.06. The van der Waals surface area contributed by atoms with Crippen molar-refractivity contribution in [2.45, 2.75) is 23.2 Å². The molecule has 0 spiro atoms. The summed E-state index contributed by atoms with van der Waals surface area (Å²) in [5, 5.41) is 3.94. The summed E-state index contributed by atoms with van der Waals surface area (Å²) < 4.78 is 15.4. The van der Waals surface area contributed by atoms with E-state index < -0.39 is 17.3 Å². The van der Waals surface area contributed by atoms with Gasteiger partial charge in [0.05, 0.1) is 5.56 Å². The van der Waals surface area contributed by atoms with E-state index in [4.69, 9.17) is 11.6 Å². The van der Waals surface area contributed by atoms with Gasteiger partial charge in [0.15, 0.2) is 5.16 Å². The highest BCUT2D eigenvalue weighted by atomic mass is 35.5. The van der Waals surface area contributed by atoms with E-state index in [0.717, 1.165) is 5.56 Å². The highest BCUT2D eigenvalue weighted by Crippen LogP contribution is 2.36. The van der Waals surface area contributed by atoms with E-state index in [0.29, 0.717) is 32.9 Å². The van der Waals surface area contributed by atoms with Crippen LogP contribution in [0.1, 0.15) is 29.0 Å². The fraction of sp³-hybridized carbons (Fsp3) is 0.190. The summed E-state index contributed by atoms with van der Waals surface area (Å²) in [4.78, 5) is 29.4. The number of halogens is 2. The average molecular weight is 430 g/mol. The molecule has 148 valence electrons. The van der Waals surface area contributed by atoms with Gasteiger partial charge in [-0.25, -0.2) is 4.39 Å². The van der Waals surface area contributed by atoms with Crippen molar-refractivity contribution >= 4 is 35.1 Å². The van der Waals surface area contributed by atoms with E-state index in [-0.39, 0.29) is 12.3 Å². The molecule has 0 saturated heterocycles. The molecular weight excluding hydrogens is 413 g/mol. The van der Waals surface area contributed by atoms with Crippen LogP contribution >= 0.6 is 23.4 Å². The lowest BCUT2D eigenvalue weighted by Gasteiger charge is -2.27. The number of hydrogen-bond donors (Lipinski definition) is 1. The second kappa shape index (κ2) is 8.00. The summed E-state index contributed by atoms with van der Waals surface area (Å²) in [6.07, 6.45) is 0.0740. The van der Waals surface area contributed by atoms with Crippen LogP contribution in [0.5, 0.6) is 0 Å². The van der Waals surface area contributed by atoms with Gasteiger partial charge in [-0.15, -0.1) is 0 Å². The molecule has 0 fully saturated rings. The zero-order chi connectivity index (χ0) is 20.5. The average Bonchev–Trinajstić information content (AvgIpc) is 2.70. The number of fused-ring (bicyclic) bond motifs is 1. The Morgan fingerprint density at radius 1 is 1.24 bits per heavy atom. The predicted octanol–water partition coefficient (Wildman–Crippen LogP) is 4.34. The van der Waals surface area contributed by atoms with Crippen molar-refractivity contribution in [2.24, 2.45) is 7.05 Å². The monoisotopic (exact) mass is 429 g/mol. The molecule has 2 heterocycles. The minimum atomic E-state index is -0.532. The van der Waals surface area contributed by atoms with Gasteiger partial charge in [0, 0.05) is 30.2 Å². The number of carbonyl (C=O) groups is 1. The molecule has 1 aliphatic rings. The standard InChI is InChI=1S/C21H17ClFN3O2S/c1-26-19-18(16(10-17(27)24-19)13-3-2-4-15(23)9-13)20(28)25-21(26)29-11-12-5-7-14(22)8-6-12/h2-9,16H,10-11H2,1H3,(H,24,27). The number of hydrogen-bond acceptors (Lipinski definition) is 4. The van der Waals surface area contributed by atoms with Crippen LogP contribution in [0.4, 0.5) is 10.2 Å². The van der Waals surface area contributed by atoms with Crippen LogP contribution in [0.15, 0.2) is 58.5 Å². The van der Waals surface area contributed by atoms with Gasteiger partial charge < -0.3 is 9.88 Å². The van der Waals surface area contributed by atoms with Crippen LogP contribution < -0.4 is 10.9 Å². The van der Waals surface area contributed by atoms with Crippen LogP contribution in [0.2, 0.25) is 5.02 Å². The Hall–Kier alpha value is -2.64. The van der Waals surface area contributed by atoms with Crippen molar-refractivity contribution in [3.63, 3.8) is 0 Å². The van der Waals surface area contributed by atoms with Gasteiger partial charge in [-0.3, -0.25) is 9.59 Å². The van der Waals surface area contributed by atoms with Crippen molar-refractivity contribution in [3.05, 3.63) is 86.4 Å². The van der Waals surface area contributed by atoms with Gasteiger partial charge in [0.25, 0.3) is 5.56 Å². The number of amides is 1. The highest BCUT2D eigenvalue weighted by Gasteiger charge is 2.32. The van der Waals surface area contributed by atoms with Crippen LogP contribution in [-0.2, 0) is 17.6 Å². The molecule has 1 atom stereocenters. The minimum Gasteiger partial charge on any atom is -0.312 e. The first-order valence-electron chi connectivity index (χ1n) is 8.96. The molecule has 1 N–H and O–H groups in total. The maximum absolute atomic E-state index is 13.7. The summed E-state index contributed by atoms with van der Waals surface area (Å²) in [6, 6.07) is 13.4. The minimum absolute atomic E-state index is 0.0740. The lowest BCUT2D eigenvalue weighted by molar-refractivity contribution is -0.116. The van der Waals surface area contributed by atoms with E-state index in [1.165, 1.54) is 23.9 Å². The van der Waals surface area contributed by atoms with E-state index in [2.05, 4.69) is 10.3 Å². The van der Waals surface area contributed by atoms with Crippen molar-refractivity contribution in [3.8, 4) is 0 Å². The number of aromatic nitrogens is 2. The molecule has 1 amide bonds. The second-order valence-corrected chi connectivity index (χ2v) is 8.17. The third-order valence-corrected chi connectivity index (χ3v) is 6.19. The van der Waals surface area contributed by atoms with Gasteiger partial charge in [0.1, 0.15) is 11.6 Å². The summed E-state index contributed by atoms with van der Waals surface area (Å²) in [6.45, 7) is 0. The zero-order valence-electron chi connectivity index (χ0n) is 15.5. The first-order valence-corrected chi connectivity index (χ1v) is 10.3. The number of nitrogens with zero attached hydrogens (tertiary/aromatic N) is 2. The van der Waals surface area contributed by atoms with Gasteiger partial charge >= 0.3 is 0 Å². The van der Waals surface area contributed by atoms with Gasteiger partial charge in [0.2, 0.25) is 5.91 Å². The molecule has 2 aromatic carbocycles. The smallest absolute Gasteiger partial charge is 0.279 e. The lowest BCUT2D eigenvalue weighted by atomic mass is 9.87. The quantitative estimate of drug-likeness (QED) is 0.495. The summed E-state index contributed by atoms with van der Waals surface area (Å²) in [5.74, 6) is -0.154. The van der Waals surface area contributed by atoms with Crippen LogP contribution in [0.25, 0.3) is 0 Å². The lowest BCUT2D eigenvalue weighted by Crippen LogP contribution is -2.33. The molecular formula is C21H17ClFN3O2S. The molecule has 0 saturated carbocycles. The molecule has 0 bridgehead atoms. The first-order chi connectivity index (χ1) is 13.9. The molecule has 0 radical (unpaired) electrons. The molecule has 3 aromatic rings. The molecule has 0 aliphatic carbocycles. The Labute approximate surface area is 175 Å². The van der Waals surface area contributed by atoms with Gasteiger partial charge in [-0.2, -0.15) is 4.98 Å². The topological polar surface area (TPSA) is 64.0 Å². The van der Waals surface area contributed by atoms with Crippen LogP contribution in [0.3, 0.4) is 0 Å². The fourth-order valence-electron chi connectivity index (χ4n) is 3.40. The molecule has 4 rings (SSSR count).